The Morgan fingerprint density at radius 1 is 0.758 bits per heavy atom. The van der Waals surface area contributed by atoms with Gasteiger partial charge in [0, 0.05) is 13.1 Å². The lowest BCUT2D eigenvalue weighted by Crippen LogP contribution is -2.45. The van der Waals surface area contributed by atoms with E-state index in [4.69, 9.17) is 0 Å². The van der Waals surface area contributed by atoms with Gasteiger partial charge in [0.25, 0.3) is 0 Å². The second-order valence-corrected chi connectivity index (χ2v) is 8.67. The summed E-state index contributed by atoms with van der Waals surface area (Å²) in [5.74, 6) is -0.584. The van der Waals surface area contributed by atoms with E-state index in [0.29, 0.717) is 19.4 Å². The molecule has 0 aliphatic heterocycles. The van der Waals surface area contributed by atoms with Crippen LogP contribution in [0.2, 0.25) is 0 Å². The highest BCUT2D eigenvalue weighted by atomic mass is 16.4. The van der Waals surface area contributed by atoms with Gasteiger partial charge in [0.05, 0.1) is 10.8 Å². The normalized spacial score (nSPS) is 11.5. The molecule has 0 radical (unpaired) electrons. The van der Waals surface area contributed by atoms with Gasteiger partial charge in [-0.15, -0.1) is 0 Å². The highest BCUT2D eigenvalue weighted by Gasteiger charge is 2.37. The molecule has 2 aromatic carbocycles. The molecule has 2 rings (SSSR count). The van der Waals surface area contributed by atoms with Crippen LogP contribution in [0.4, 0.5) is 0 Å². The van der Waals surface area contributed by atoms with Crippen LogP contribution in [0.3, 0.4) is 0 Å². The molecule has 0 unspecified atom stereocenters. The molecule has 0 aromatic heterocycles. The van der Waals surface area contributed by atoms with Gasteiger partial charge in [-0.1, -0.05) is 88.4 Å². The maximum atomic E-state index is 12.6. The minimum atomic E-state index is -0.728. The molecule has 2 aromatic rings. The van der Waals surface area contributed by atoms with Crippen molar-refractivity contribution in [1.82, 2.24) is 10.2 Å². The van der Waals surface area contributed by atoms with Crippen LogP contribution in [-0.4, -0.2) is 49.1 Å². The number of nitrogens with one attached hydrogen (secondary N) is 1. The molecule has 0 atom stereocenters. The Balaban J connectivity index is 0.000000346. The van der Waals surface area contributed by atoms with Crippen LogP contribution in [0.25, 0.3) is 0 Å². The van der Waals surface area contributed by atoms with Crippen molar-refractivity contribution in [1.29, 1.82) is 0 Å². The molecule has 0 fully saturated rings. The summed E-state index contributed by atoms with van der Waals surface area (Å²) in [6, 6.07) is 19.6. The Bertz CT molecular complexity index is 827. The van der Waals surface area contributed by atoms with Crippen LogP contribution in [-0.2, 0) is 20.4 Å². The fourth-order valence-electron chi connectivity index (χ4n) is 4.27. The first-order valence-electron chi connectivity index (χ1n) is 12.0. The van der Waals surface area contributed by atoms with Crippen LogP contribution in [0, 0.1) is 0 Å². The number of hydrogen-bond donors (Lipinski definition) is 2. The first-order valence-corrected chi connectivity index (χ1v) is 12.0. The third-order valence-electron chi connectivity index (χ3n) is 6.76. The maximum absolute atomic E-state index is 12.6. The van der Waals surface area contributed by atoms with Crippen LogP contribution in [0.5, 0.6) is 0 Å². The van der Waals surface area contributed by atoms with E-state index in [1.54, 1.807) is 0 Å². The quantitative estimate of drug-likeness (QED) is 0.486. The number of nitrogens with zero attached hydrogens (tertiary/aromatic N) is 1. The monoisotopic (exact) mass is 454 g/mol. The number of rotatable bonds is 11. The zero-order valence-electron chi connectivity index (χ0n) is 21.2. The number of hydrogen-bond acceptors (Lipinski definition) is 3. The summed E-state index contributed by atoms with van der Waals surface area (Å²) in [5.41, 5.74) is 0.911. The van der Waals surface area contributed by atoms with Gasteiger partial charge < -0.3 is 15.3 Å². The summed E-state index contributed by atoms with van der Waals surface area (Å²) in [6.45, 7) is 9.57. The molecule has 0 saturated heterocycles. The van der Waals surface area contributed by atoms with E-state index in [0.717, 1.165) is 30.5 Å². The van der Waals surface area contributed by atoms with Crippen molar-refractivity contribution in [2.24, 2.45) is 0 Å². The second kappa shape index (κ2) is 13.8. The van der Waals surface area contributed by atoms with Gasteiger partial charge in [0.1, 0.15) is 0 Å². The van der Waals surface area contributed by atoms with Gasteiger partial charge in [0.15, 0.2) is 0 Å². The number of carbonyl (C=O) groups is 2. The molecular formula is C28H42N2O3. The summed E-state index contributed by atoms with van der Waals surface area (Å²) in [5, 5.41) is 12.4. The van der Waals surface area contributed by atoms with E-state index in [-0.39, 0.29) is 5.91 Å². The number of carboxylic acids is 1. The summed E-state index contributed by atoms with van der Waals surface area (Å²) in [7, 11) is 4.02. The lowest BCUT2D eigenvalue weighted by atomic mass is 9.75. The van der Waals surface area contributed by atoms with Crippen molar-refractivity contribution in [3.05, 3.63) is 71.8 Å². The third-order valence-corrected chi connectivity index (χ3v) is 6.76. The van der Waals surface area contributed by atoms with E-state index in [1.807, 2.05) is 76.5 Å². The molecule has 0 saturated carbocycles. The molecule has 5 heteroatoms. The molecule has 0 aliphatic rings. The van der Waals surface area contributed by atoms with Gasteiger partial charge in [-0.05, 0) is 50.9 Å². The first kappa shape index (κ1) is 28.4. The highest BCUT2D eigenvalue weighted by Crippen LogP contribution is 2.32. The number of carboxylic acid groups (broad SMARTS) is 1. The van der Waals surface area contributed by atoms with Gasteiger partial charge >= 0.3 is 5.97 Å². The standard InChI is InChI=1S/C16H26N2O.C12H16O2/c1-5-16(6-2,14-10-8-7-9-11-14)15(19)17-12-13-18(3)4;1-3-12(4-2,11(13)14)10-8-6-5-7-9-10/h7-11H,5-6,12-13H2,1-4H3,(H,17,19);5-9H,3-4H2,1-2H3,(H,13,14). The third kappa shape index (κ3) is 7.16. The number of carbonyl (C=O) groups excluding carboxylic acids is 1. The van der Waals surface area contributed by atoms with Crippen LogP contribution in [0.15, 0.2) is 60.7 Å². The van der Waals surface area contributed by atoms with E-state index in [9.17, 15) is 14.7 Å². The van der Waals surface area contributed by atoms with Crippen LogP contribution < -0.4 is 5.32 Å². The number of amides is 1. The number of benzene rings is 2. The van der Waals surface area contributed by atoms with Gasteiger partial charge in [-0.2, -0.15) is 0 Å². The van der Waals surface area contributed by atoms with Crippen LogP contribution in [0.1, 0.15) is 64.5 Å². The maximum Gasteiger partial charge on any atom is 0.314 e. The molecule has 182 valence electrons. The summed E-state index contributed by atoms with van der Waals surface area (Å²) in [6.07, 6.45) is 2.90. The minimum absolute atomic E-state index is 0.144. The van der Waals surface area contributed by atoms with Gasteiger partial charge in [-0.25, -0.2) is 0 Å². The summed E-state index contributed by atoms with van der Waals surface area (Å²) in [4.78, 5) is 25.9. The predicted molar refractivity (Wildman–Crippen MR) is 137 cm³/mol. The molecule has 0 spiro atoms. The Morgan fingerprint density at radius 2 is 1.15 bits per heavy atom. The summed E-state index contributed by atoms with van der Waals surface area (Å²) >= 11 is 0. The topological polar surface area (TPSA) is 69.6 Å². The Kier molecular flexibility index (Phi) is 11.9. The molecule has 2 N–H and O–H groups in total. The van der Waals surface area contributed by atoms with Crippen molar-refractivity contribution in [3.8, 4) is 0 Å². The molecule has 0 bridgehead atoms. The average molecular weight is 455 g/mol. The van der Waals surface area contributed by atoms with E-state index >= 15 is 0 Å². The average Bonchev–Trinajstić information content (AvgIpc) is 2.83. The van der Waals surface area contributed by atoms with Crippen molar-refractivity contribution < 1.29 is 14.7 Å². The fraction of sp³-hybridized carbons (Fsp3) is 0.500. The van der Waals surface area contributed by atoms with E-state index in [2.05, 4.69) is 36.2 Å². The Morgan fingerprint density at radius 3 is 1.48 bits per heavy atom. The largest absolute Gasteiger partial charge is 0.481 e. The molecule has 33 heavy (non-hydrogen) atoms. The minimum Gasteiger partial charge on any atom is -0.481 e. The highest BCUT2D eigenvalue weighted by molar-refractivity contribution is 5.88. The number of likely N-dealkylation sites (N-methyl/N-ethyl adjacent to an activating group) is 1. The molecule has 0 aliphatic carbocycles. The van der Waals surface area contributed by atoms with Crippen LogP contribution >= 0.6 is 0 Å². The smallest absolute Gasteiger partial charge is 0.314 e. The predicted octanol–water partition coefficient (Wildman–Crippen LogP) is 5.25. The molecule has 0 heterocycles. The molecule has 5 nitrogen and oxygen atoms in total. The summed E-state index contributed by atoms with van der Waals surface area (Å²) < 4.78 is 0. The van der Waals surface area contributed by atoms with Gasteiger partial charge in [-0.3, -0.25) is 9.59 Å². The Labute approximate surface area is 200 Å². The second-order valence-electron chi connectivity index (χ2n) is 8.67. The Hall–Kier alpha value is -2.66. The first-order chi connectivity index (χ1) is 15.7. The van der Waals surface area contributed by atoms with Crippen molar-refractivity contribution in [3.63, 3.8) is 0 Å². The molecule has 1 amide bonds. The number of aliphatic carboxylic acids is 1. The lowest BCUT2D eigenvalue weighted by molar-refractivity contribution is -0.144. The SMILES string of the molecule is CCC(CC)(C(=O)NCCN(C)C)c1ccccc1.CCC(CC)(C(=O)O)c1ccccc1. The van der Waals surface area contributed by atoms with Crippen molar-refractivity contribution >= 4 is 11.9 Å². The van der Waals surface area contributed by atoms with Crippen molar-refractivity contribution in [2.45, 2.75) is 64.2 Å². The fourth-order valence-corrected chi connectivity index (χ4v) is 4.27. The van der Waals surface area contributed by atoms with Gasteiger partial charge in [0.2, 0.25) is 5.91 Å². The van der Waals surface area contributed by atoms with E-state index in [1.165, 1.54) is 0 Å². The molecular weight excluding hydrogens is 412 g/mol. The zero-order chi connectivity index (χ0) is 24.9. The zero-order valence-corrected chi connectivity index (χ0v) is 21.2. The lowest BCUT2D eigenvalue weighted by Gasteiger charge is -2.31. The van der Waals surface area contributed by atoms with E-state index < -0.39 is 16.8 Å². The van der Waals surface area contributed by atoms with Crippen molar-refractivity contribution in [2.75, 3.05) is 27.2 Å².